The van der Waals surface area contributed by atoms with Crippen molar-refractivity contribution in [2.45, 2.75) is 56.5 Å². The second-order valence-corrected chi connectivity index (χ2v) is 10.1. The number of Topliss-reactive ketones (excluding diaryl/α,β-unsaturated/α-hetero) is 1. The molecule has 4 aliphatic rings. The summed E-state index contributed by atoms with van der Waals surface area (Å²) in [4.78, 5) is 28.9. The van der Waals surface area contributed by atoms with Gasteiger partial charge >= 0.3 is 0 Å². The zero-order valence-corrected chi connectivity index (χ0v) is 19.3. The summed E-state index contributed by atoms with van der Waals surface area (Å²) in [6.45, 7) is 0. The molecule has 0 unspecified atom stereocenters. The van der Waals surface area contributed by atoms with Crippen LogP contribution in [0.4, 0.5) is 5.82 Å². The molecule has 3 heterocycles. The Balaban J connectivity index is 1.03. The van der Waals surface area contributed by atoms with E-state index in [-0.39, 0.29) is 23.8 Å². The van der Waals surface area contributed by atoms with Gasteiger partial charge in [0.25, 0.3) is 0 Å². The summed E-state index contributed by atoms with van der Waals surface area (Å²) in [6.07, 6.45) is 6.15. The first-order valence-corrected chi connectivity index (χ1v) is 12.5. The van der Waals surface area contributed by atoms with E-state index < -0.39 is 0 Å². The first-order chi connectivity index (χ1) is 17.1. The monoisotopic (exact) mass is 466 g/mol. The largest absolute Gasteiger partial charge is 0.489 e. The number of carbonyl (C=O) groups is 2. The maximum atomic E-state index is 13.0. The number of hydrogen-bond donors (Lipinski definition) is 1. The molecule has 6 heteroatoms. The SMILES string of the molecule is O=C(C[C@H]1CCc2ccccc21)C[C@@H]1[C@H]2Oc3ccc(Oc4ccnc5c4CCC(=O)N5)cc3[C@@H]12. The molecule has 1 amide bonds. The van der Waals surface area contributed by atoms with Crippen molar-refractivity contribution in [3.8, 4) is 17.2 Å². The van der Waals surface area contributed by atoms with Crippen LogP contribution in [0.2, 0.25) is 0 Å². The number of aryl methyl sites for hydroxylation is 1. The summed E-state index contributed by atoms with van der Waals surface area (Å²) in [7, 11) is 0. The van der Waals surface area contributed by atoms with E-state index in [0.29, 0.717) is 49.0 Å². The zero-order chi connectivity index (χ0) is 23.5. The summed E-state index contributed by atoms with van der Waals surface area (Å²) in [6, 6.07) is 16.3. The van der Waals surface area contributed by atoms with Gasteiger partial charge < -0.3 is 14.8 Å². The second kappa shape index (κ2) is 7.94. The van der Waals surface area contributed by atoms with Gasteiger partial charge in [-0.05, 0) is 60.6 Å². The fourth-order valence-corrected chi connectivity index (χ4v) is 6.22. The van der Waals surface area contributed by atoms with Crippen molar-refractivity contribution in [3.05, 3.63) is 77.0 Å². The molecule has 2 aliphatic heterocycles. The number of benzene rings is 2. The smallest absolute Gasteiger partial charge is 0.225 e. The van der Waals surface area contributed by atoms with Gasteiger partial charge in [0.15, 0.2) is 0 Å². The third-order valence-corrected chi connectivity index (χ3v) is 7.99. The molecule has 1 saturated carbocycles. The number of carbonyl (C=O) groups excluding carboxylic acids is 2. The summed E-state index contributed by atoms with van der Waals surface area (Å²) >= 11 is 0. The van der Waals surface area contributed by atoms with E-state index in [1.54, 1.807) is 6.20 Å². The van der Waals surface area contributed by atoms with E-state index in [1.165, 1.54) is 11.1 Å². The number of ketones is 1. The highest BCUT2D eigenvalue weighted by atomic mass is 16.5. The average Bonchev–Trinajstić information content (AvgIpc) is 3.18. The van der Waals surface area contributed by atoms with Gasteiger partial charge in [-0.25, -0.2) is 4.98 Å². The number of amides is 1. The molecule has 35 heavy (non-hydrogen) atoms. The average molecular weight is 467 g/mol. The van der Waals surface area contributed by atoms with Crippen LogP contribution in [-0.2, 0) is 22.4 Å². The molecule has 0 radical (unpaired) electrons. The first-order valence-electron chi connectivity index (χ1n) is 12.5. The number of nitrogens with one attached hydrogen (secondary N) is 1. The second-order valence-electron chi connectivity index (χ2n) is 10.1. The van der Waals surface area contributed by atoms with E-state index in [0.717, 1.165) is 35.5 Å². The summed E-state index contributed by atoms with van der Waals surface area (Å²) in [5, 5.41) is 2.81. The number of ether oxygens (including phenoxy) is 2. The summed E-state index contributed by atoms with van der Waals surface area (Å²) in [5.41, 5.74) is 4.81. The Morgan fingerprint density at radius 1 is 1.06 bits per heavy atom. The van der Waals surface area contributed by atoms with Crippen LogP contribution < -0.4 is 14.8 Å². The zero-order valence-electron chi connectivity index (χ0n) is 19.3. The molecule has 0 spiro atoms. The maximum Gasteiger partial charge on any atom is 0.225 e. The van der Waals surface area contributed by atoms with Crippen LogP contribution in [-0.4, -0.2) is 22.8 Å². The molecule has 7 rings (SSSR count). The van der Waals surface area contributed by atoms with E-state index >= 15 is 0 Å². The molecule has 176 valence electrons. The Morgan fingerprint density at radius 3 is 2.91 bits per heavy atom. The lowest BCUT2D eigenvalue weighted by molar-refractivity contribution is -0.120. The molecule has 3 aromatic rings. The lowest BCUT2D eigenvalue weighted by Gasteiger charge is -2.19. The van der Waals surface area contributed by atoms with Gasteiger partial charge in [0, 0.05) is 48.4 Å². The summed E-state index contributed by atoms with van der Waals surface area (Å²) < 4.78 is 12.4. The Morgan fingerprint density at radius 2 is 1.97 bits per heavy atom. The number of nitrogens with zero attached hydrogens (tertiary/aromatic N) is 1. The molecular formula is C29H26N2O4. The highest BCUT2D eigenvalue weighted by Crippen LogP contribution is 2.60. The number of aromatic nitrogens is 1. The van der Waals surface area contributed by atoms with Crippen LogP contribution >= 0.6 is 0 Å². The molecular weight excluding hydrogens is 440 g/mol. The number of hydrogen-bond acceptors (Lipinski definition) is 5. The number of rotatable bonds is 6. The first kappa shape index (κ1) is 20.7. The lowest BCUT2D eigenvalue weighted by Crippen LogP contribution is -2.20. The molecule has 1 fully saturated rings. The van der Waals surface area contributed by atoms with Gasteiger partial charge in [0.05, 0.1) is 0 Å². The Labute approximate surface area is 203 Å². The van der Waals surface area contributed by atoms with Crippen molar-refractivity contribution in [1.82, 2.24) is 4.98 Å². The fraction of sp³-hybridized carbons (Fsp3) is 0.345. The van der Waals surface area contributed by atoms with Crippen molar-refractivity contribution >= 4 is 17.5 Å². The van der Waals surface area contributed by atoms with Gasteiger partial charge in [-0.15, -0.1) is 0 Å². The van der Waals surface area contributed by atoms with Crippen LogP contribution in [0.25, 0.3) is 0 Å². The number of fused-ring (bicyclic) bond motifs is 5. The van der Waals surface area contributed by atoms with Crippen molar-refractivity contribution in [3.63, 3.8) is 0 Å². The highest BCUT2D eigenvalue weighted by Gasteiger charge is 2.59. The standard InChI is InChI=1S/C29H26N2O4/c32-18(13-17-6-5-16-3-1-2-4-20(16)17)14-23-27-22-15-19(7-9-24(22)35-28(23)27)34-25-11-12-30-29-21(25)8-10-26(33)31-29/h1-4,7,9,11-12,15,17,23,27-28H,5-6,8,10,13-14H2,(H,30,31,33)/t17-,23+,27+,28-/m1/s1. The van der Waals surface area contributed by atoms with E-state index in [2.05, 4.69) is 34.6 Å². The highest BCUT2D eigenvalue weighted by molar-refractivity contribution is 5.93. The normalized spacial score (nSPS) is 25.0. The minimum Gasteiger partial charge on any atom is -0.489 e. The molecule has 0 bridgehead atoms. The van der Waals surface area contributed by atoms with Crippen molar-refractivity contribution in [2.75, 3.05) is 5.32 Å². The number of anilines is 1. The lowest BCUT2D eigenvalue weighted by atomic mass is 9.93. The molecule has 1 N–H and O–H groups in total. The van der Waals surface area contributed by atoms with Crippen LogP contribution in [0.1, 0.15) is 59.8 Å². The molecule has 0 saturated heterocycles. The maximum absolute atomic E-state index is 13.0. The van der Waals surface area contributed by atoms with Crippen molar-refractivity contribution in [1.29, 1.82) is 0 Å². The fourth-order valence-electron chi connectivity index (χ4n) is 6.22. The topological polar surface area (TPSA) is 77.5 Å². The van der Waals surface area contributed by atoms with Gasteiger partial charge in [-0.1, -0.05) is 24.3 Å². The van der Waals surface area contributed by atoms with Gasteiger partial charge in [0.2, 0.25) is 5.91 Å². The van der Waals surface area contributed by atoms with Crippen LogP contribution in [0.5, 0.6) is 17.2 Å². The van der Waals surface area contributed by atoms with E-state index in [4.69, 9.17) is 9.47 Å². The third kappa shape index (κ3) is 3.59. The third-order valence-electron chi connectivity index (χ3n) is 7.99. The van der Waals surface area contributed by atoms with Gasteiger partial charge in [-0.3, -0.25) is 9.59 Å². The minimum absolute atomic E-state index is 0.0191. The Bertz CT molecular complexity index is 1370. The predicted octanol–water partition coefficient (Wildman–Crippen LogP) is 5.31. The Hall–Kier alpha value is -3.67. The van der Waals surface area contributed by atoms with E-state index in [1.807, 2.05) is 24.3 Å². The molecule has 2 aliphatic carbocycles. The predicted molar refractivity (Wildman–Crippen MR) is 130 cm³/mol. The van der Waals surface area contributed by atoms with Crippen LogP contribution in [0.15, 0.2) is 54.7 Å². The summed E-state index contributed by atoms with van der Waals surface area (Å²) in [5.74, 6) is 4.12. The molecule has 1 aromatic heterocycles. The van der Waals surface area contributed by atoms with Gasteiger partial charge in [-0.2, -0.15) is 0 Å². The van der Waals surface area contributed by atoms with Gasteiger partial charge in [0.1, 0.15) is 35.0 Å². The van der Waals surface area contributed by atoms with Crippen molar-refractivity contribution < 1.29 is 19.1 Å². The number of pyridine rings is 1. The minimum atomic E-state index is -0.0191. The Kier molecular flexibility index (Phi) is 4.69. The molecule has 4 atom stereocenters. The molecule has 2 aromatic carbocycles. The van der Waals surface area contributed by atoms with Crippen LogP contribution in [0.3, 0.4) is 0 Å². The molecule has 6 nitrogen and oxygen atoms in total. The van der Waals surface area contributed by atoms with Crippen LogP contribution in [0, 0.1) is 5.92 Å². The van der Waals surface area contributed by atoms with Crippen molar-refractivity contribution in [2.24, 2.45) is 5.92 Å². The van der Waals surface area contributed by atoms with E-state index in [9.17, 15) is 9.59 Å². The quantitative estimate of drug-likeness (QED) is 0.533.